The number of benzene rings is 2. The van der Waals surface area contributed by atoms with Gasteiger partial charge in [-0.25, -0.2) is 9.78 Å². The molecule has 2 aromatic carbocycles. The van der Waals surface area contributed by atoms with Gasteiger partial charge in [0.1, 0.15) is 18.1 Å². The van der Waals surface area contributed by atoms with E-state index in [4.69, 9.17) is 9.47 Å². The topological polar surface area (TPSA) is 89.0 Å². The molecule has 264 valence electrons. The van der Waals surface area contributed by atoms with Crippen molar-refractivity contribution < 1.29 is 37.3 Å². The van der Waals surface area contributed by atoms with E-state index in [0.717, 1.165) is 85.3 Å². The molecule has 1 atom stereocenters. The molecule has 0 bridgehead atoms. The molecule has 1 N–H and O–H groups in total. The molecule has 1 saturated carbocycles. The molecule has 2 aliphatic rings. The molecule has 1 aromatic heterocycles. The molecule has 10 heteroatoms. The smallest absolute Gasteiger partial charge is 0.391 e. The van der Waals surface area contributed by atoms with Gasteiger partial charge in [0.05, 0.1) is 12.5 Å². The molecular weight excluding hydrogens is 633 g/mol. The SMILES string of the molecule is CCOC(=O)CCCCN(CCc1ccccc1OCc1ccc([C@H]2CC[C@H](C(F)(F)F)CC2)cc1)C1CCCc2nc(C(=O)O)ccc21. The number of esters is 1. The van der Waals surface area contributed by atoms with Crippen LogP contribution in [-0.2, 0) is 29.0 Å². The minimum atomic E-state index is -4.10. The Morgan fingerprint density at radius 1 is 0.939 bits per heavy atom. The standard InChI is InChI=1S/C39H47F3N2O5/c1-2-48-37(45)12-5-6-24-44(35-10-7-9-33-32(35)21-22-34(43-33)38(46)47)25-23-30-8-3-4-11-36(30)49-26-27-13-15-28(16-14-27)29-17-19-31(20-18-29)39(40,41)42/h3-4,8,11,13-16,21-22,29,31,35H,2,5-7,9-10,12,17-20,23-26H2,1H3,(H,46,47)/t29-,31-,35?. The van der Waals surface area contributed by atoms with Crippen LogP contribution in [0, 0.1) is 5.92 Å². The van der Waals surface area contributed by atoms with Crippen LogP contribution in [0.4, 0.5) is 13.2 Å². The number of alkyl halides is 3. The number of carbonyl (C=O) groups is 2. The third-order valence-electron chi connectivity index (χ3n) is 9.98. The van der Waals surface area contributed by atoms with Crippen LogP contribution in [-0.4, -0.2) is 52.8 Å². The van der Waals surface area contributed by atoms with Gasteiger partial charge in [-0.3, -0.25) is 9.69 Å². The quantitative estimate of drug-likeness (QED) is 0.127. The lowest BCUT2D eigenvalue weighted by Gasteiger charge is -2.36. The van der Waals surface area contributed by atoms with Crippen LogP contribution in [0.25, 0.3) is 0 Å². The molecule has 1 unspecified atom stereocenters. The lowest BCUT2D eigenvalue weighted by molar-refractivity contribution is -0.182. The molecule has 0 spiro atoms. The van der Waals surface area contributed by atoms with Crippen LogP contribution in [0.1, 0.15) is 115 Å². The average molecular weight is 681 g/mol. The number of aromatic nitrogens is 1. The highest BCUT2D eigenvalue weighted by atomic mass is 19.4. The molecule has 49 heavy (non-hydrogen) atoms. The minimum Gasteiger partial charge on any atom is -0.489 e. The minimum absolute atomic E-state index is 0.0640. The number of rotatable bonds is 15. The predicted octanol–water partition coefficient (Wildman–Crippen LogP) is 8.85. The van der Waals surface area contributed by atoms with Gasteiger partial charge in [-0.15, -0.1) is 0 Å². The number of halogens is 3. The van der Waals surface area contributed by atoms with Crippen LogP contribution >= 0.6 is 0 Å². The Labute approximate surface area is 286 Å². The van der Waals surface area contributed by atoms with Crippen molar-refractivity contribution in [3.05, 3.63) is 94.3 Å². The summed E-state index contributed by atoms with van der Waals surface area (Å²) in [7, 11) is 0. The van der Waals surface area contributed by atoms with E-state index in [9.17, 15) is 27.9 Å². The molecule has 0 aliphatic heterocycles. The number of nitrogens with zero attached hydrogens (tertiary/aromatic N) is 2. The zero-order chi connectivity index (χ0) is 34.8. The number of carboxylic acid groups (broad SMARTS) is 1. The third kappa shape index (κ3) is 10.1. The Morgan fingerprint density at radius 3 is 2.41 bits per heavy atom. The summed E-state index contributed by atoms with van der Waals surface area (Å²) in [5, 5.41) is 9.48. The summed E-state index contributed by atoms with van der Waals surface area (Å²) in [4.78, 5) is 30.4. The summed E-state index contributed by atoms with van der Waals surface area (Å²) in [5.74, 6) is -1.43. The van der Waals surface area contributed by atoms with Crippen LogP contribution in [0.2, 0.25) is 0 Å². The van der Waals surface area contributed by atoms with Crippen LogP contribution in [0.5, 0.6) is 5.75 Å². The molecule has 2 aliphatic carbocycles. The molecule has 3 aromatic rings. The lowest BCUT2D eigenvalue weighted by atomic mass is 9.78. The van der Waals surface area contributed by atoms with Gasteiger partial charge in [0, 0.05) is 24.7 Å². The molecule has 5 rings (SSSR count). The maximum absolute atomic E-state index is 13.1. The van der Waals surface area contributed by atoms with Gasteiger partial charge in [-0.2, -0.15) is 13.2 Å². The second-order valence-electron chi connectivity index (χ2n) is 13.2. The fourth-order valence-electron chi connectivity index (χ4n) is 7.29. The number of carboxylic acids is 1. The number of pyridine rings is 1. The van der Waals surface area contributed by atoms with Crippen molar-refractivity contribution in [1.82, 2.24) is 9.88 Å². The number of para-hydroxylation sites is 1. The van der Waals surface area contributed by atoms with E-state index in [-0.39, 0.29) is 36.5 Å². The summed E-state index contributed by atoms with van der Waals surface area (Å²) in [6.45, 7) is 4.08. The third-order valence-corrected chi connectivity index (χ3v) is 9.98. The Morgan fingerprint density at radius 2 is 1.69 bits per heavy atom. The maximum Gasteiger partial charge on any atom is 0.391 e. The first-order valence-corrected chi connectivity index (χ1v) is 17.6. The Bertz CT molecular complexity index is 1540. The number of fused-ring (bicyclic) bond motifs is 1. The number of carbonyl (C=O) groups excluding carboxylic acids is 1. The normalized spacial score (nSPS) is 19.3. The van der Waals surface area contributed by atoms with Crippen molar-refractivity contribution in [2.24, 2.45) is 5.92 Å². The molecule has 0 saturated heterocycles. The Balaban J connectivity index is 1.22. The first kappa shape index (κ1) is 36.4. The van der Waals surface area contributed by atoms with Crippen molar-refractivity contribution in [2.75, 3.05) is 19.7 Å². The van der Waals surface area contributed by atoms with Gasteiger partial charge in [-0.1, -0.05) is 48.5 Å². The van der Waals surface area contributed by atoms with E-state index in [1.165, 1.54) is 0 Å². The number of hydrogen-bond acceptors (Lipinski definition) is 6. The number of aromatic carboxylic acids is 1. The molecule has 0 amide bonds. The summed E-state index contributed by atoms with van der Waals surface area (Å²) < 4.78 is 50.7. The van der Waals surface area contributed by atoms with E-state index in [0.29, 0.717) is 32.5 Å². The van der Waals surface area contributed by atoms with Crippen LogP contribution in [0.3, 0.4) is 0 Å². The first-order valence-electron chi connectivity index (χ1n) is 17.6. The molecule has 0 radical (unpaired) electrons. The van der Waals surface area contributed by atoms with Gasteiger partial charge in [0.15, 0.2) is 0 Å². The molecule has 1 fully saturated rings. The monoisotopic (exact) mass is 680 g/mol. The number of aryl methyl sites for hydroxylation is 1. The molecule has 1 heterocycles. The number of ether oxygens (including phenoxy) is 2. The summed E-state index contributed by atoms with van der Waals surface area (Å²) in [5.41, 5.74) is 5.14. The van der Waals surface area contributed by atoms with Gasteiger partial charge < -0.3 is 14.6 Å². The summed E-state index contributed by atoms with van der Waals surface area (Å²) >= 11 is 0. The zero-order valence-electron chi connectivity index (χ0n) is 28.2. The van der Waals surface area contributed by atoms with Gasteiger partial charge in [0.2, 0.25) is 0 Å². The van der Waals surface area contributed by atoms with E-state index in [1.807, 2.05) is 48.5 Å². The van der Waals surface area contributed by atoms with Crippen molar-refractivity contribution in [3.8, 4) is 5.75 Å². The van der Waals surface area contributed by atoms with Crippen molar-refractivity contribution in [1.29, 1.82) is 0 Å². The van der Waals surface area contributed by atoms with Crippen molar-refractivity contribution in [2.45, 2.75) is 102 Å². The van der Waals surface area contributed by atoms with Crippen LogP contribution < -0.4 is 4.74 Å². The first-order chi connectivity index (χ1) is 23.6. The van der Waals surface area contributed by atoms with Crippen molar-refractivity contribution in [3.63, 3.8) is 0 Å². The van der Waals surface area contributed by atoms with Gasteiger partial charge in [0.25, 0.3) is 0 Å². The Kier molecular flexibility index (Phi) is 12.7. The van der Waals surface area contributed by atoms with E-state index in [2.05, 4.69) is 16.0 Å². The molecule has 7 nitrogen and oxygen atoms in total. The highest BCUT2D eigenvalue weighted by Crippen LogP contribution is 2.43. The van der Waals surface area contributed by atoms with Gasteiger partial charge >= 0.3 is 18.1 Å². The average Bonchev–Trinajstić information content (AvgIpc) is 3.10. The second-order valence-corrected chi connectivity index (χ2v) is 13.2. The Hall–Kier alpha value is -3.92. The lowest BCUT2D eigenvalue weighted by Crippen LogP contribution is -2.34. The molecular formula is C39H47F3N2O5. The predicted molar refractivity (Wildman–Crippen MR) is 181 cm³/mol. The highest BCUT2D eigenvalue weighted by Gasteiger charge is 2.41. The zero-order valence-corrected chi connectivity index (χ0v) is 28.2. The maximum atomic E-state index is 13.1. The van der Waals surface area contributed by atoms with E-state index in [1.54, 1.807) is 13.0 Å². The number of hydrogen-bond donors (Lipinski definition) is 1. The van der Waals surface area contributed by atoms with Crippen LogP contribution in [0.15, 0.2) is 60.7 Å². The second kappa shape index (κ2) is 17.1. The van der Waals surface area contributed by atoms with E-state index < -0.39 is 18.1 Å². The summed E-state index contributed by atoms with van der Waals surface area (Å²) in [6, 6.07) is 19.7. The fourth-order valence-corrected chi connectivity index (χ4v) is 7.29. The number of unbranched alkanes of at least 4 members (excludes halogenated alkanes) is 1. The highest BCUT2D eigenvalue weighted by molar-refractivity contribution is 5.85. The summed E-state index contributed by atoms with van der Waals surface area (Å²) in [6.07, 6.45) is 2.67. The van der Waals surface area contributed by atoms with Gasteiger partial charge in [-0.05, 0) is 118 Å². The van der Waals surface area contributed by atoms with E-state index >= 15 is 0 Å². The fraction of sp³-hybridized carbons (Fsp3) is 0.513. The van der Waals surface area contributed by atoms with Crippen molar-refractivity contribution >= 4 is 11.9 Å². The largest absolute Gasteiger partial charge is 0.489 e.